The highest BCUT2D eigenvalue weighted by Crippen LogP contribution is 2.48. The summed E-state index contributed by atoms with van der Waals surface area (Å²) < 4.78 is 0. The number of amides is 2. The fourth-order valence-corrected chi connectivity index (χ4v) is 2.23. The minimum atomic E-state index is -1.28. The number of carboxylic acid groups (broad SMARTS) is 1. The zero-order valence-electron chi connectivity index (χ0n) is 10.8. The molecule has 0 radical (unpaired) electrons. The average Bonchev–Trinajstić information content (AvgIpc) is 3.19. The predicted octanol–water partition coefficient (Wildman–Crippen LogP) is 0.163. The Kier molecular flexibility index (Phi) is 3.74. The molecule has 106 valence electrons. The molecule has 0 saturated heterocycles. The molecule has 1 aromatic rings. The largest absolute Gasteiger partial charge is 0.480 e. The van der Waals surface area contributed by atoms with E-state index in [4.69, 9.17) is 10.8 Å². The zero-order valence-corrected chi connectivity index (χ0v) is 10.8. The molecule has 1 fully saturated rings. The maximum atomic E-state index is 12.3. The molecule has 1 saturated carbocycles. The van der Waals surface area contributed by atoms with Gasteiger partial charge in [0.1, 0.15) is 6.04 Å². The van der Waals surface area contributed by atoms with E-state index in [1.165, 1.54) is 0 Å². The lowest BCUT2D eigenvalue weighted by Gasteiger charge is -2.19. The summed E-state index contributed by atoms with van der Waals surface area (Å²) in [5.74, 6) is -2.39. The van der Waals surface area contributed by atoms with Gasteiger partial charge in [-0.1, -0.05) is 30.3 Å². The van der Waals surface area contributed by atoms with Crippen molar-refractivity contribution in [2.45, 2.75) is 30.7 Å². The second-order valence-electron chi connectivity index (χ2n) is 4.98. The molecule has 0 aliphatic heterocycles. The SMILES string of the molecule is NC(=O)CC(NC(=O)C1(c2ccccc2)CC1)C(=O)O. The summed E-state index contributed by atoms with van der Waals surface area (Å²) in [6.07, 6.45) is 0.934. The fourth-order valence-electron chi connectivity index (χ4n) is 2.23. The van der Waals surface area contributed by atoms with E-state index in [2.05, 4.69) is 5.32 Å². The Balaban J connectivity index is 2.11. The maximum Gasteiger partial charge on any atom is 0.326 e. The van der Waals surface area contributed by atoms with E-state index < -0.39 is 29.8 Å². The fraction of sp³-hybridized carbons (Fsp3) is 0.357. The van der Waals surface area contributed by atoms with E-state index in [-0.39, 0.29) is 5.91 Å². The van der Waals surface area contributed by atoms with Crippen LogP contribution in [0, 0.1) is 0 Å². The highest BCUT2D eigenvalue weighted by atomic mass is 16.4. The van der Waals surface area contributed by atoms with Crippen molar-refractivity contribution in [2.24, 2.45) is 5.73 Å². The van der Waals surface area contributed by atoms with Gasteiger partial charge in [0.05, 0.1) is 11.8 Å². The molecule has 1 unspecified atom stereocenters. The van der Waals surface area contributed by atoms with Crippen molar-refractivity contribution in [1.29, 1.82) is 0 Å². The number of hydrogen-bond acceptors (Lipinski definition) is 3. The van der Waals surface area contributed by atoms with Gasteiger partial charge in [-0.2, -0.15) is 0 Å². The Bertz CT molecular complexity index is 537. The van der Waals surface area contributed by atoms with E-state index in [0.717, 1.165) is 5.56 Å². The third-order valence-electron chi connectivity index (χ3n) is 3.52. The van der Waals surface area contributed by atoms with Crippen LogP contribution in [0.5, 0.6) is 0 Å². The number of nitrogens with one attached hydrogen (secondary N) is 1. The Hall–Kier alpha value is -2.37. The molecule has 1 aliphatic rings. The van der Waals surface area contributed by atoms with Gasteiger partial charge in [0.25, 0.3) is 0 Å². The normalized spacial score (nSPS) is 17.0. The quantitative estimate of drug-likeness (QED) is 0.687. The number of primary amides is 1. The molecule has 6 heteroatoms. The highest BCUT2D eigenvalue weighted by molar-refractivity contribution is 5.95. The predicted molar refractivity (Wildman–Crippen MR) is 70.7 cm³/mol. The third-order valence-corrected chi connectivity index (χ3v) is 3.52. The van der Waals surface area contributed by atoms with E-state index in [9.17, 15) is 14.4 Å². The van der Waals surface area contributed by atoms with E-state index in [1.807, 2.05) is 30.3 Å². The first-order chi connectivity index (χ1) is 9.45. The lowest BCUT2D eigenvalue weighted by atomic mass is 9.94. The molecular weight excluding hydrogens is 260 g/mol. The Morgan fingerprint density at radius 2 is 1.85 bits per heavy atom. The van der Waals surface area contributed by atoms with Gasteiger partial charge < -0.3 is 16.2 Å². The summed E-state index contributed by atoms with van der Waals surface area (Å²) >= 11 is 0. The van der Waals surface area contributed by atoms with Crippen molar-refractivity contribution < 1.29 is 19.5 Å². The summed E-state index contributed by atoms with van der Waals surface area (Å²) in [5, 5.41) is 11.4. The number of nitrogens with two attached hydrogens (primary N) is 1. The van der Waals surface area contributed by atoms with E-state index in [1.54, 1.807) is 0 Å². The molecule has 0 aromatic heterocycles. The van der Waals surface area contributed by atoms with Gasteiger partial charge in [-0.05, 0) is 18.4 Å². The van der Waals surface area contributed by atoms with Crippen LogP contribution in [0.25, 0.3) is 0 Å². The van der Waals surface area contributed by atoms with Crippen LogP contribution in [0.4, 0.5) is 0 Å². The summed E-state index contributed by atoms with van der Waals surface area (Å²) in [6.45, 7) is 0. The molecule has 4 N–H and O–H groups in total. The van der Waals surface area contributed by atoms with Crippen LogP contribution in [0.1, 0.15) is 24.8 Å². The second-order valence-corrected chi connectivity index (χ2v) is 4.98. The summed E-state index contributed by atoms with van der Waals surface area (Å²) in [7, 11) is 0. The molecule has 6 nitrogen and oxygen atoms in total. The van der Waals surface area contributed by atoms with Crippen molar-refractivity contribution in [3.8, 4) is 0 Å². The molecule has 0 heterocycles. The lowest BCUT2D eigenvalue weighted by molar-refractivity contribution is -0.143. The molecular formula is C14H16N2O4. The molecule has 0 bridgehead atoms. The molecule has 0 spiro atoms. The van der Waals surface area contributed by atoms with Crippen LogP contribution in [0.15, 0.2) is 30.3 Å². The first-order valence-corrected chi connectivity index (χ1v) is 6.33. The second kappa shape index (κ2) is 5.32. The average molecular weight is 276 g/mol. The van der Waals surface area contributed by atoms with Crippen LogP contribution in [-0.4, -0.2) is 28.9 Å². The minimum Gasteiger partial charge on any atom is -0.480 e. The van der Waals surface area contributed by atoms with Crippen molar-refractivity contribution in [3.05, 3.63) is 35.9 Å². The first-order valence-electron chi connectivity index (χ1n) is 6.33. The number of aliphatic carboxylic acids is 1. The Morgan fingerprint density at radius 3 is 2.30 bits per heavy atom. The van der Waals surface area contributed by atoms with Crippen LogP contribution in [0.3, 0.4) is 0 Å². The molecule has 1 atom stereocenters. The topological polar surface area (TPSA) is 109 Å². The monoisotopic (exact) mass is 276 g/mol. The number of hydrogen-bond donors (Lipinski definition) is 3. The van der Waals surface area contributed by atoms with Gasteiger partial charge in [-0.25, -0.2) is 4.79 Å². The van der Waals surface area contributed by atoms with Gasteiger partial charge in [-0.15, -0.1) is 0 Å². The molecule has 2 rings (SSSR count). The summed E-state index contributed by atoms with van der Waals surface area (Å²) in [6, 6.07) is 7.93. The smallest absolute Gasteiger partial charge is 0.326 e. The van der Waals surface area contributed by atoms with Gasteiger partial charge in [-0.3, -0.25) is 9.59 Å². The van der Waals surface area contributed by atoms with Crippen molar-refractivity contribution in [2.75, 3.05) is 0 Å². The molecule has 1 aromatic carbocycles. The van der Waals surface area contributed by atoms with Crippen LogP contribution in [0.2, 0.25) is 0 Å². The standard InChI is InChI=1S/C14H16N2O4/c15-11(17)8-10(12(18)19)16-13(20)14(6-7-14)9-4-2-1-3-5-9/h1-5,10H,6-8H2,(H2,15,17)(H,16,20)(H,18,19). The minimum absolute atomic E-state index is 0.364. The maximum absolute atomic E-state index is 12.3. The summed E-state index contributed by atoms with van der Waals surface area (Å²) in [4.78, 5) is 34.2. The molecule has 20 heavy (non-hydrogen) atoms. The van der Waals surface area contributed by atoms with Crippen LogP contribution < -0.4 is 11.1 Å². The van der Waals surface area contributed by atoms with E-state index in [0.29, 0.717) is 12.8 Å². The van der Waals surface area contributed by atoms with Gasteiger partial charge in [0, 0.05) is 0 Å². The molecule has 2 amide bonds. The number of benzene rings is 1. The van der Waals surface area contributed by atoms with Crippen molar-refractivity contribution in [3.63, 3.8) is 0 Å². The number of carboxylic acids is 1. The van der Waals surface area contributed by atoms with Crippen molar-refractivity contribution >= 4 is 17.8 Å². The van der Waals surface area contributed by atoms with Crippen LogP contribution in [-0.2, 0) is 19.8 Å². The Morgan fingerprint density at radius 1 is 1.25 bits per heavy atom. The number of carbonyl (C=O) groups is 3. The highest BCUT2D eigenvalue weighted by Gasteiger charge is 2.51. The van der Waals surface area contributed by atoms with Crippen LogP contribution >= 0.6 is 0 Å². The molecule has 1 aliphatic carbocycles. The first kappa shape index (κ1) is 14.0. The number of carbonyl (C=O) groups excluding carboxylic acids is 2. The van der Waals surface area contributed by atoms with Gasteiger partial charge in [0.2, 0.25) is 11.8 Å². The number of rotatable bonds is 6. The zero-order chi connectivity index (χ0) is 14.8. The lowest BCUT2D eigenvalue weighted by Crippen LogP contribution is -2.47. The van der Waals surface area contributed by atoms with Crippen molar-refractivity contribution in [1.82, 2.24) is 5.32 Å². The van der Waals surface area contributed by atoms with E-state index >= 15 is 0 Å². The Labute approximate surface area is 116 Å². The summed E-state index contributed by atoms with van der Waals surface area (Å²) in [5.41, 5.74) is 5.19. The van der Waals surface area contributed by atoms with Gasteiger partial charge >= 0.3 is 5.97 Å². The third kappa shape index (κ3) is 2.79. The van der Waals surface area contributed by atoms with Gasteiger partial charge in [0.15, 0.2) is 0 Å².